The molecule has 1 N–H and O–H groups in total. The van der Waals surface area contributed by atoms with E-state index < -0.39 is 0 Å². The Morgan fingerprint density at radius 1 is 1.33 bits per heavy atom. The van der Waals surface area contributed by atoms with Gasteiger partial charge in [0.25, 0.3) is 5.91 Å². The van der Waals surface area contributed by atoms with E-state index in [0.717, 1.165) is 16.4 Å². The fourth-order valence-electron chi connectivity index (χ4n) is 2.41. The molecule has 0 atom stereocenters. The number of nitrogens with zero attached hydrogens (tertiary/aromatic N) is 4. The zero-order valence-electron chi connectivity index (χ0n) is 13.4. The molecular weight excluding hydrogens is 346 g/mol. The summed E-state index contributed by atoms with van der Waals surface area (Å²) >= 11 is 7.40. The Labute approximate surface area is 148 Å². The van der Waals surface area contributed by atoms with Gasteiger partial charge in [-0.3, -0.25) is 10.1 Å². The summed E-state index contributed by atoms with van der Waals surface area (Å²) in [6, 6.07) is 7.37. The Kier molecular flexibility index (Phi) is 4.64. The molecule has 2 aromatic heterocycles. The van der Waals surface area contributed by atoms with Crippen LogP contribution in [0.1, 0.15) is 40.8 Å². The summed E-state index contributed by atoms with van der Waals surface area (Å²) in [5.74, 6) is -0.147. The number of aromatic nitrogens is 4. The number of benzene rings is 1. The minimum Gasteiger partial charge on any atom is -0.296 e. The van der Waals surface area contributed by atoms with Crippen LogP contribution in [-0.2, 0) is 0 Å². The highest BCUT2D eigenvalue weighted by Crippen LogP contribution is 2.25. The second kappa shape index (κ2) is 6.70. The lowest BCUT2D eigenvalue weighted by atomic mass is 10.1. The molecule has 0 bridgehead atoms. The molecule has 0 unspecified atom stereocenters. The zero-order chi connectivity index (χ0) is 17.3. The number of halogens is 1. The van der Waals surface area contributed by atoms with Gasteiger partial charge in [-0.25, -0.2) is 4.68 Å². The van der Waals surface area contributed by atoms with E-state index >= 15 is 0 Å². The lowest BCUT2D eigenvalue weighted by Gasteiger charge is -2.12. The van der Waals surface area contributed by atoms with Crippen LogP contribution in [0.25, 0.3) is 5.69 Å². The number of amides is 1. The van der Waals surface area contributed by atoms with Gasteiger partial charge in [0.1, 0.15) is 5.01 Å². The standard InChI is InChI=1S/C16H16ClN5OS/c1-9(2)14-13(15(23)19-16-21-20-10(3)24-16)8-18-22(14)12-6-4-5-11(17)7-12/h4-9H,1-3H3,(H,19,21,23). The molecular formula is C16H16ClN5OS. The van der Waals surface area contributed by atoms with E-state index in [1.807, 2.05) is 39.0 Å². The molecule has 1 aromatic carbocycles. The summed E-state index contributed by atoms with van der Waals surface area (Å²) in [6.07, 6.45) is 1.57. The molecule has 24 heavy (non-hydrogen) atoms. The summed E-state index contributed by atoms with van der Waals surface area (Å²) in [4.78, 5) is 12.6. The number of aryl methyl sites for hydroxylation is 1. The van der Waals surface area contributed by atoms with E-state index in [9.17, 15) is 4.79 Å². The summed E-state index contributed by atoms with van der Waals surface area (Å²) in [6.45, 7) is 5.87. The number of hydrogen-bond donors (Lipinski definition) is 1. The van der Waals surface area contributed by atoms with E-state index in [1.54, 1.807) is 16.9 Å². The van der Waals surface area contributed by atoms with Gasteiger partial charge in [-0.05, 0) is 31.0 Å². The highest BCUT2D eigenvalue weighted by molar-refractivity contribution is 7.15. The van der Waals surface area contributed by atoms with E-state index in [0.29, 0.717) is 15.7 Å². The van der Waals surface area contributed by atoms with Gasteiger partial charge in [-0.1, -0.05) is 42.9 Å². The van der Waals surface area contributed by atoms with Crippen LogP contribution in [0.4, 0.5) is 5.13 Å². The van der Waals surface area contributed by atoms with Crippen molar-refractivity contribution in [3.8, 4) is 5.69 Å². The predicted octanol–water partition coefficient (Wildman–Crippen LogP) is 4.06. The van der Waals surface area contributed by atoms with Crippen molar-refractivity contribution in [3.05, 3.63) is 51.7 Å². The molecule has 0 radical (unpaired) electrons. The Hall–Kier alpha value is -2.25. The highest BCUT2D eigenvalue weighted by Gasteiger charge is 2.21. The summed E-state index contributed by atoms with van der Waals surface area (Å²) < 4.78 is 1.75. The molecule has 8 heteroatoms. The number of nitrogens with one attached hydrogen (secondary N) is 1. The van der Waals surface area contributed by atoms with Crippen molar-refractivity contribution in [2.24, 2.45) is 0 Å². The number of hydrogen-bond acceptors (Lipinski definition) is 5. The van der Waals surface area contributed by atoms with Gasteiger partial charge in [0.05, 0.1) is 23.1 Å². The first kappa shape index (κ1) is 16.6. The average molecular weight is 362 g/mol. The van der Waals surface area contributed by atoms with E-state index in [2.05, 4.69) is 20.6 Å². The van der Waals surface area contributed by atoms with Crippen LogP contribution in [-0.4, -0.2) is 25.9 Å². The molecule has 0 aliphatic carbocycles. The van der Waals surface area contributed by atoms with Crippen LogP contribution in [0.15, 0.2) is 30.5 Å². The largest absolute Gasteiger partial charge is 0.296 e. The molecule has 0 saturated heterocycles. The molecule has 1 amide bonds. The first-order valence-corrected chi connectivity index (χ1v) is 8.60. The maximum Gasteiger partial charge on any atom is 0.260 e. The molecule has 0 aliphatic rings. The Morgan fingerprint density at radius 2 is 2.12 bits per heavy atom. The van der Waals surface area contributed by atoms with Crippen molar-refractivity contribution in [3.63, 3.8) is 0 Å². The van der Waals surface area contributed by atoms with E-state index in [4.69, 9.17) is 11.6 Å². The van der Waals surface area contributed by atoms with Gasteiger partial charge in [0.2, 0.25) is 5.13 Å². The predicted molar refractivity (Wildman–Crippen MR) is 95.3 cm³/mol. The molecule has 0 fully saturated rings. The quantitative estimate of drug-likeness (QED) is 0.760. The number of carbonyl (C=O) groups is 1. The summed E-state index contributed by atoms with van der Waals surface area (Å²) in [7, 11) is 0. The van der Waals surface area contributed by atoms with Crippen molar-refractivity contribution in [2.75, 3.05) is 5.32 Å². The number of carbonyl (C=O) groups excluding carboxylic acids is 1. The van der Waals surface area contributed by atoms with Crippen LogP contribution >= 0.6 is 22.9 Å². The molecule has 0 saturated carbocycles. The fourth-order valence-corrected chi connectivity index (χ4v) is 3.18. The minimum absolute atomic E-state index is 0.100. The molecule has 2 heterocycles. The molecule has 0 spiro atoms. The maximum atomic E-state index is 12.6. The van der Waals surface area contributed by atoms with Gasteiger partial charge >= 0.3 is 0 Å². The minimum atomic E-state index is -0.247. The van der Waals surface area contributed by atoms with Crippen molar-refractivity contribution in [1.82, 2.24) is 20.0 Å². The van der Waals surface area contributed by atoms with Gasteiger partial charge in [0, 0.05) is 5.02 Å². The van der Waals surface area contributed by atoms with Crippen molar-refractivity contribution in [2.45, 2.75) is 26.7 Å². The molecule has 3 aromatic rings. The van der Waals surface area contributed by atoms with Crippen LogP contribution in [0.3, 0.4) is 0 Å². The topological polar surface area (TPSA) is 72.7 Å². The first-order chi connectivity index (χ1) is 11.5. The van der Waals surface area contributed by atoms with Crippen molar-refractivity contribution in [1.29, 1.82) is 0 Å². The third-order valence-electron chi connectivity index (χ3n) is 3.40. The van der Waals surface area contributed by atoms with Gasteiger partial charge in [-0.15, -0.1) is 10.2 Å². The molecule has 124 valence electrons. The van der Waals surface area contributed by atoms with E-state index in [1.165, 1.54) is 11.3 Å². The van der Waals surface area contributed by atoms with Crippen LogP contribution < -0.4 is 5.32 Å². The number of anilines is 1. The van der Waals surface area contributed by atoms with Crippen LogP contribution in [0.5, 0.6) is 0 Å². The van der Waals surface area contributed by atoms with Gasteiger partial charge in [0.15, 0.2) is 0 Å². The monoisotopic (exact) mass is 361 g/mol. The third kappa shape index (κ3) is 3.32. The smallest absolute Gasteiger partial charge is 0.260 e. The van der Waals surface area contributed by atoms with Crippen LogP contribution in [0, 0.1) is 6.92 Å². The Morgan fingerprint density at radius 3 is 2.75 bits per heavy atom. The molecule has 3 rings (SSSR count). The van der Waals surface area contributed by atoms with Crippen LogP contribution in [0.2, 0.25) is 5.02 Å². The molecule has 6 nitrogen and oxygen atoms in total. The summed E-state index contributed by atoms with van der Waals surface area (Å²) in [5.41, 5.74) is 2.14. The first-order valence-electron chi connectivity index (χ1n) is 7.41. The SMILES string of the molecule is Cc1nnc(NC(=O)c2cnn(-c3cccc(Cl)c3)c2C(C)C)s1. The normalized spacial score (nSPS) is 11.0. The van der Waals surface area contributed by atoms with Crippen molar-refractivity contribution >= 4 is 34.0 Å². The highest BCUT2D eigenvalue weighted by atomic mass is 35.5. The zero-order valence-corrected chi connectivity index (χ0v) is 15.0. The maximum absolute atomic E-state index is 12.6. The average Bonchev–Trinajstić information content (AvgIpc) is 3.13. The second-order valence-electron chi connectivity index (χ2n) is 5.57. The Balaban J connectivity index is 1.98. The summed E-state index contributed by atoms with van der Waals surface area (Å²) in [5, 5.41) is 16.9. The fraction of sp³-hybridized carbons (Fsp3) is 0.250. The van der Waals surface area contributed by atoms with Gasteiger partial charge in [-0.2, -0.15) is 5.10 Å². The third-order valence-corrected chi connectivity index (χ3v) is 4.39. The van der Waals surface area contributed by atoms with Crippen molar-refractivity contribution < 1.29 is 4.79 Å². The second-order valence-corrected chi connectivity index (χ2v) is 7.19. The van der Waals surface area contributed by atoms with Gasteiger partial charge < -0.3 is 0 Å². The lowest BCUT2D eigenvalue weighted by molar-refractivity contribution is 0.102. The number of rotatable bonds is 4. The van der Waals surface area contributed by atoms with E-state index in [-0.39, 0.29) is 11.8 Å². The Bertz CT molecular complexity index is 886. The molecule has 0 aliphatic heterocycles. The lowest BCUT2D eigenvalue weighted by Crippen LogP contribution is -2.15.